The van der Waals surface area contributed by atoms with Crippen LogP contribution in [0.15, 0.2) is 59.0 Å². The normalized spacial score (nSPS) is 12.2. The third-order valence-corrected chi connectivity index (χ3v) is 5.51. The molecule has 1 heterocycles. The Kier molecular flexibility index (Phi) is 8.36. The number of carbonyl (C=O) groups excluding carboxylic acids is 3. The van der Waals surface area contributed by atoms with Gasteiger partial charge in [-0.15, -0.1) is 0 Å². The Bertz CT molecular complexity index is 1300. The average Bonchev–Trinajstić information content (AvgIpc) is 3.35. The first-order valence-electron chi connectivity index (χ1n) is 11.3. The maximum atomic E-state index is 13.5. The maximum Gasteiger partial charge on any atom is 0.419 e. The summed E-state index contributed by atoms with van der Waals surface area (Å²) in [7, 11) is 1.48. The van der Waals surface area contributed by atoms with E-state index in [9.17, 15) is 31.9 Å². The molecule has 196 valence electrons. The minimum atomic E-state index is -4.92. The molecule has 1 atom stereocenters. The van der Waals surface area contributed by atoms with Gasteiger partial charge in [-0.25, -0.2) is 4.39 Å². The van der Waals surface area contributed by atoms with E-state index in [4.69, 9.17) is 4.42 Å². The Labute approximate surface area is 210 Å². The van der Waals surface area contributed by atoms with Crippen molar-refractivity contribution >= 4 is 17.7 Å². The fraction of sp³-hybridized carbons (Fsp3) is 0.269. The molecule has 37 heavy (non-hydrogen) atoms. The van der Waals surface area contributed by atoms with Crippen molar-refractivity contribution in [2.75, 3.05) is 7.05 Å². The standard InChI is InChI=1S/C26H25F4N3O4/c1-14(2)22(25(36)31-3)33-24(35)21-10-9-20(37-21)16-6-4-5-15(11-16)13-32-23(34)17-7-8-19(27)18(12-17)26(28,29)30/h4-12,14,22H,13H2,1-3H3,(H,31,36)(H,32,34)(H,33,35). The molecule has 3 amide bonds. The van der Waals surface area contributed by atoms with Crippen molar-refractivity contribution in [1.82, 2.24) is 16.0 Å². The van der Waals surface area contributed by atoms with Crippen LogP contribution in [0.25, 0.3) is 11.3 Å². The highest BCUT2D eigenvalue weighted by atomic mass is 19.4. The number of hydrogen-bond acceptors (Lipinski definition) is 4. The molecule has 0 aliphatic carbocycles. The van der Waals surface area contributed by atoms with Crippen LogP contribution >= 0.6 is 0 Å². The summed E-state index contributed by atoms with van der Waals surface area (Å²) in [5.74, 6) is -2.96. The smallest absolute Gasteiger partial charge is 0.419 e. The van der Waals surface area contributed by atoms with E-state index in [1.54, 1.807) is 44.2 Å². The van der Waals surface area contributed by atoms with E-state index in [0.29, 0.717) is 29.0 Å². The van der Waals surface area contributed by atoms with Gasteiger partial charge in [0.15, 0.2) is 5.76 Å². The summed E-state index contributed by atoms with van der Waals surface area (Å²) in [6.07, 6.45) is -4.92. The minimum Gasteiger partial charge on any atom is -0.451 e. The van der Waals surface area contributed by atoms with Gasteiger partial charge >= 0.3 is 6.18 Å². The van der Waals surface area contributed by atoms with Crippen molar-refractivity contribution in [3.63, 3.8) is 0 Å². The van der Waals surface area contributed by atoms with Crippen LogP contribution in [0.4, 0.5) is 17.6 Å². The lowest BCUT2D eigenvalue weighted by atomic mass is 10.0. The molecule has 0 radical (unpaired) electrons. The molecular weight excluding hydrogens is 494 g/mol. The molecule has 3 rings (SSSR count). The molecule has 2 aromatic carbocycles. The van der Waals surface area contributed by atoms with Gasteiger partial charge in [0, 0.05) is 24.7 Å². The van der Waals surface area contributed by atoms with Gasteiger partial charge < -0.3 is 20.4 Å². The fourth-order valence-electron chi connectivity index (χ4n) is 3.52. The maximum absolute atomic E-state index is 13.5. The summed E-state index contributed by atoms with van der Waals surface area (Å²) in [6, 6.07) is 11.1. The third-order valence-electron chi connectivity index (χ3n) is 5.51. The number of furan rings is 1. The number of rotatable bonds is 8. The summed E-state index contributed by atoms with van der Waals surface area (Å²) < 4.78 is 57.9. The van der Waals surface area contributed by atoms with Crippen molar-refractivity contribution in [1.29, 1.82) is 0 Å². The third kappa shape index (κ3) is 6.75. The second kappa shape index (κ2) is 11.3. The van der Waals surface area contributed by atoms with E-state index in [2.05, 4.69) is 16.0 Å². The first kappa shape index (κ1) is 27.4. The topological polar surface area (TPSA) is 100 Å². The van der Waals surface area contributed by atoms with E-state index in [1.807, 2.05) is 0 Å². The van der Waals surface area contributed by atoms with Crippen molar-refractivity contribution in [2.45, 2.75) is 32.6 Å². The lowest BCUT2D eigenvalue weighted by Crippen LogP contribution is -2.48. The van der Waals surface area contributed by atoms with Crippen LogP contribution in [0.1, 0.15) is 45.9 Å². The summed E-state index contributed by atoms with van der Waals surface area (Å²) >= 11 is 0. The highest BCUT2D eigenvalue weighted by molar-refractivity contribution is 5.96. The Balaban J connectivity index is 1.69. The lowest BCUT2D eigenvalue weighted by Gasteiger charge is -2.19. The van der Waals surface area contributed by atoms with Gasteiger partial charge in [0.1, 0.15) is 17.6 Å². The van der Waals surface area contributed by atoms with Crippen molar-refractivity contribution < 1.29 is 36.4 Å². The van der Waals surface area contributed by atoms with Gasteiger partial charge in [-0.2, -0.15) is 13.2 Å². The number of carbonyl (C=O) groups is 3. The van der Waals surface area contributed by atoms with Crippen LogP contribution < -0.4 is 16.0 Å². The van der Waals surface area contributed by atoms with Crippen LogP contribution in [0.5, 0.6) is 0 Å². The molecule has 0 aliphatic heterocycles. The number of benzene rings is 2. The minimum absolute atomic E-state index is 0.0000348. The molecule has 0 saturated heterocycles. The van der Waals surface area contributed by atoms with Gasteiger partial charge in [0.05, 0.1) is 5.56 Å². The molecule has 0 fully saturated rings. The summed E-state index contributed by atoms with van der Waals surface area (Å²) in [5, 5.41) is 7.64. The number of alkyl halides is 3. The van der Waals surface area contributed by atoms with Gasteiger partial charge in [0.25, 0.3) is 11.8 Å². The number of amides is 3. The van der Waals surface area contributed by atoms with E-state index in [0.717, 1.165) is 6.07 Å². The number of likely N-dealkylation sites (N-methyl/N-ethyl adjacent to an activating group) is 1. The van der Waals surface area contributed by atoms with E-state index in [1.165, 1.54) is 13.1 Å². The zero-order chi connectivity index (χ0) is 27.3. The Morgan fingerprint density at radius 1 is 0.973 bits per heavy atom. The SMILES string of the molecule is CNC(=O)C(NC(=O)c1ccc(-c2cccc(CNC(=O)c3ccc(F)c(C(F)(F)F)c3)c2)o1)C(C)C. The van der Waals surface area contributed by atoms with E-state index >= 15 is 0 Å². The molecule has 1 unspecified atom stereocenters. The predicted molar refractivity (Wildman–Crippen MR) is 127 cm³/mol. The molecular formula is C26H25F4N3O4. The van der Waals surface area contributed by atoms with Gasteiger partial charge in [0.2, 0.25) is 5.91 Å². The molecule has 11 heteroatoms. The van der Waals surface area contributed by atoms with E-state index < -0.39 is 35.4 Å². The first-order chi connectivity index (χ1) is 17.4. The van der Waals surface area contributed by atoms with Crippen LogP contribution in [-0.4, -0.2) is 30.8 Å². The Morgan fingerprint density at radius 3 is 2.35 bits per heavy atom. The van der Waals surface area contributed by atoms with Crippen LogP contribution in [0.3, 0.4) is 0 Å². The van der Waals surface area contributed by atoms with Crippen molar-refractivity contribution in [3.05, 3.63) is 82.9 Å². The predicted octanol–water partition coefficient (Wildman–Crippen LogP) is 4.53. The summed E-state index contributed by atoms with van der Waals surface area (Å²) in [5.41, 5.74) is -0.664. The van der Waals surface area contributed by atoms with Crippen molar-refractivity contribution in [2.24, 2.45) is 5.92 Å². The highest BCUT2D eigenvalue weighted by Gasteiger charge is 2.34. The number of nitrogens with one attached hydrogen (secondary N) is 3. The second-order valence-corrected chi connectivity index (χ2v) is 8.55. The van der Waals surface area contributed by atoms with Gasteiger partial charge in [-0.1, -0.05) is 32.0 Å². The fourth-order valence-corrected chi connectivity index (χ4v) is 3.52. The molecule has 0 saturated carbocycles. The van der Waals surface area contributed by atoms with E-state index in [-0.39, 0.29) is 29.7 Å². The molecule has 0 aliphatic rings. The largest absolute Gasteiger partial charge is 0.451 e. The van der Waals surface area contributed by atoms with Gasteiger partial charge in [-0.3, -0.25) is 14.4 Å². The second-order valence-electron chi connectivity index (χ2n) is 8.55. The van der Waals surface area contributed by atoms with Gasteiger partial charge in [-0.05, 0) is 47.9 Å². The highest BCUT2D eigenvalue weighted by Crippen LogP contribution is 2.32. The van der Waals surface area contributed by atoms with Crippen molar-refractivity contribution in [3.8, 4) is 11.3 Å². The molecule has 0 spiro atoms. The Morgan fingerprint density at radius 2 is 1.70 bits per heavy atom. The number of halogens is 4. The number of hydrogen-bond donors (Lipinski definition) is 3. The zero-order valence-electron chi connectivity index (χ0n) is 20.2. The zero-order valence-corrected chi connectivity index (χ0v) is 20.2. The molecule has 3 aromatic rings. The summed E-state index contributed by atoms with van der Waals surface area (Å²) in [4.78, 5) is 36.9. The lowest BCUT2D eigenvalue weighted by molar-refractivity contribution is -0.140. The van der Waals surface area contributed by atoms with Crippen LogP contribution in [-0.2, 0) is 17.5 Å². The first-order valence-corrected chi connectivity index (χ1v) is 11.3. The monoisotopic (exact) mass is 519 g/mol. The van der Waals surface area contributed by atoms with Crippen LogP contribution in [0, 0.1) is 11.7 Å². The molecule has 0 bridgehead atoms. The Hall–Kier alpha value is -4.15. The van der Waals surface area contributed by atoms with Crippen LogP contribution in [0.2, 0.25) is 0 Å². The summed E-state index contributed by atoms with van der Waals surface area (Å²) in [6.45, 7) is 3.56. The average molecular weight is 519 g/mol. The molecule has 7 nitrogen and oxygen atoms in total. The molecule has 3 N–H and O–H groups in total. The molecule has 1 aromatic heterocycles. The quantitative estimate of drug-likeness (QED) is 0.381.